The van der Waals surface area contributed by atoms with Crippen LogP contribution >= 0.6 is 0 Å². The molecule has 1 unspecified atom stereocenters. The number of carbonyl (C=O) groups is 1. The van der Waals surface area contributed by atoms with Crippen LogP contribution < -0.4 is 0 Å². The molecule has 0 radical (unpaired) electrons. The van der Waals surface area contributed by atoms with Crippen molar-refractivity contribution in [3.05, 3.63) is 36.0 Å². The molecule has 1 aromatic carbocycles. The number of rotatable bonds is 2. The monoisotopic (exact) mass is 215 g/mol. The summed E-state index contributed by atoms with van der Waals surface area (Å²) in [4.78, 5) is 11.0. The number of aromatic nitrogens is 1. The minimum Gasteiger partial charge on any atom is -0.358 e. The molecular weight excluding hydrogens is 202 g/mol. The molecule has 0 N–H and O–H groups in total. The van der Waals surface area contributed by atoms with Crippen LogP contribution in [0.1, 0.15) is 29.4 Å². The SMILES string of the molecule is O=Cc1cn(C2CCCO2)c2ccccc12. The lowest BCUT2D eigenvalue weighted by molar-refractivity contribution is 0.0600. The van der Waals surface area contributed by atoms with Gasteiger partial charge in [-0.2, -0.15) is 0 Å². The van der Waals surface area contributed by atoms with Gasteiger partial charge in [-0.25, -0.2) is 0 Å². The molecule has 16 heavy (non-hydrogen) atoms. The van der Waals surface area contributed by atoms with Crippen LogP contribution in [0.15, 0.2) is 30.5 Å². The maximum Gasteiger partial charge on any atom is 0.152 e. The van der Waals surface area contributed by atoms with Gasteiger partial charge in [0, 0.05) is 23.8 Å². The van der Waals surface area contributed by atoms with Crippen molar-refractivity contribution in [2.24, 2.45) is 0 Å². The average molecular weight is 215 g/mol. The summed E-state index contributed by atoms with van der Waals surface area (Å²) >= 11 is 0. The largest absolute Gasteiger partial charge is 0.358 e. The van der Waals surface area contributed by atoms with Crippen molar-refractivity contribution >= 4 is 17.2 Å². The van der Waals surface area contributed by atoms with Crippen LogP contribution in [0.25, 0.3) is 10.9 Å². The number of aldehydes is 1. The van der Waals surface area contributed by atoms with Crippen LogP contribution in [-0.2, 0) is 4.74 Å². The van der Waals surface area contributed by atoms with E-state index in [4.69, 9.17) is 4.74 Å². The zero-order valence-electron chi connectivity index (χ0n) is 8.93. The summed E-state index contributed by atoms with van der Waals surface area (Å²) in [7, 11) is 0. The molecule has 1 aliphatic rings. The lowest BCUT2D eigenvalue weighted by Gasteiger charge is -2.12. The van der Waals surface area contributed by atoms with Crippen molar-refractivity contribution < 1.29 is 9.53 Å². The van der Waals surface area contributed by atoms with E-state index < -0.39 is 0 Å². The first-order chi connectivity index (χ1) is 7.90. The van der Waals surface area contributed by atoms with Crippen molar-refractivity contribution in [3.8, 4) is 0 Å². The standard InChI is InChI=1S/C13H13NO2/c15-9-10-8-14(13-6-3-7-16-13)12-5-2-1-4-11(10)12/h1-2,4-5,8-9,13H,3,6-7H2. The van der Waals surface area contributed by atoms with Crippen LogP contribution in [0.3, 0.4) is 0 Å². The molecule has 1 saturated heterocycles. The first kappa shape index (κ1) is 9.60. The smallest absolute Gasteiger partial charge is 0.152 e. The molecule has 0 amide bonds. The predicted molar refractivity (Wildman–Crippen MR) is 61.5 cm³/mol. The molecule has 1 aliphatic heterocycles. The maximum absolute atomic E-state index is 11.0. The van der Waals surface area contributed by atoms with Gasteiger partial charge in [0.1, 0.15) is 6.23 Å². The lowest BCUT2D eigenvalue weighted by atomic mass is 10.2. The summed E-state index contributed by atoms with van der Waals surface area (Å²) in [5.74, 6) is 0. The molecule has 1 fully saturated rings. The van der Waals surface area contributed by atoms with E-state index in [1.54, 1.807) is 0 Å². The number of nitrogens with zero attached hydrogens (tertiary/aromatic N) is 1. The van der Waals surface area contributed by atoms with E-state index in [1.807, 2.05) is 30.5 Å². The Labute approximate surface area is 93.6 Å². The van der Waals surface area contributed by atoms with Crippen LogP contribution in [0, 0.1) is 0 Å². The summed E-state index contributed by atoms with van der Waals surface area (Å²) in [6.45, 7) is 0.813. The molecule has 0 aliphatic carbocycles. The normalized spacial score (nSPS) is 20.4. The molecule has 1 aromatic heterocycles. The molecular formula is C13H13NO2. The average Bonchev–Trinajstić information content (AvgIpc) is 2.95. The highest BCUT2D eigenvalue weighted by atomic mass is 16.5. The van der Waals surface area contributed by atoms with E-state index in [-0.39, 0.29) is 6.23 Å². The van der Waals surface area contributed by atoms with E-state index in [9.17, 15) is 4.79 Å². The zero-order valence-corrected chi connectivity index (χ0v) is 8.93. The van der Waals surface area contributed by atoms with E-state index in [0.29, 0.717) is 0 Å². The highest BCUT2D eigenvalue weighted by Gasteiger charge is 2.20. The maximum atomic E-state index is 11.0. The molecule has 3 heteroatoms. The van der Waals surface area contributed by atoms with E-state index in [2.05, 4.69) is 4.57 Å². The van der Waals surface area contributed by atoms with E-state index >= 15 is 0 Å². The fourth-order valence-electron chi connectivity index (χ4n) is 2.34. The Kier molecular flexibility index (Phi) is 2.26. The fraction of sp³-hybridized carbons (Fsp3) is 0.308. The Morgan fingerprint density at radius 1 is 1.38 bits per heavy atom. The van der Waals surface area contributed by atoms with Gasteiger partial charge in [-0.3, -0.25) is 4.79 Å². The summed E-state index contributed by atoms with van der Waals surface area (Å²) in [5.41, 5.74) is 1.82. The second kappa shape index (κ2) is 3.76. The van der Waals surface area contributed by atoms with Crippen molar-refractivity contribution in [2.75, 3.05) is 6.61 Å². The van der Waals surface area contributed by atoms with Gasteiger partial charge in [-0.1, -0.05) is 18.2 Å². The minimum absolute atomic E-state index is 0.0959. The van der Waals surface area contributed by atoms with E-state index in [1.165, 1.54) is 0 Å². The number of ether oxygens (including phenoxy) is 1. The Morgan fingerprint density at radius 2 is 2.25 bits per heavy atom. The van der Waals surface area contributed by atoms with Crippen molar-refractivity contribution in [1.82, 2.24) is 4.57 Å². The number of fused-ring (bicyclic) bond motifs is 1. The molecule has 2 heterocycles. The summed E-state index contributed by atoms with van der Waals surface area (Å²) < 4.78 is 7.73. The summed E-state index contributed by atoms with van der Waals surface area (Å²) in [6, 6.07) is 7.95. The van der Waals surface area contributed by atoms with Crippen molar-refractivity contribution in [1.29, 1.82) is 0 Å². The first-order valence-corrected chi connectivity index (χ1v) is 5.56. The quantitative estimate of drug-likeness (QED) is 0.721. The molecule has 3 nitrogen and oxygen atoms in total. The minimum atomic E-state index is 0.0959. The number of hydrogen-bond acceptors (Lipinski definition) is 2. The number of benzene rings is 1. The third-order valence-electron chi connectivity index (χ3n) is 3.11. The number of para-hydroxylation sites is 1. The summed E-state index contributed by atoms with van der Waals surface area (Å²) in [6.07, 6.45) is 5.02. The Hall–Kier alpha value is -1.61. The predicted octanol–water partition coefficient (Wildman–Crippen LogP) is 2.76. The Bertz CT molecular complexity index is 524. The van der Waals surface area contributed by atoms with Gasteiger partial charge in [-0.15, -0.1) is 0 Å². The molecule has 0 bridgehead atoms. The zero-order chi connectivity index (χ0) is 11.0. The van der Waals surface area contributed by atoms with Crippen molar-refractivity contribution in [2.45, 2.75) is 19.1 Å². The molecule has 0 spiro atoms. The first-order valence-electron chi connectivity index (χ1n) is 5.56. The molecule has 82 valence electrons. The third kappa shape index (κ3) is 1.36. The van der Waals surface area contributed by atoms with Crippen LogP contribution in [0.2, 0.25) is 0 Å². The summed E-state index contributed by atoms with van der Waals surface area (Å²) in [5, 5.41) is 1.01. The molecule has 3 rings (SSSR count). The highest BCUT2D eigenvalue weighted by molar-refractivity contribution is 5.97. The van der Waals surface area contributed by atoms with Gasteiger partial charge >= 0.3 is 0 Å². The second-order valence-corrected chi connectivity index (χ2v) is 4.09. The van der Waals surface area contributed by atoms with Crippen LogP contribution in [0.5, 0.6) is 0 Å². The van der Waals surface area contributed by atoms with Gasteiger partial charge < -0.3 is 9.30 Å². The number of hydrogen-bond donors (Lipinski definition) is 0. The van der Waals surface area contributed by atoms with Gasteiger partial charge in [0.2, 0.25) is 0 Å². The molecule has 2 aromatic rings. The third-order valence-corrected chi connectivity index (χ3v) is 3.11. The van der Waals surface area contributed by atoms with Crippen LogP contribution in [0.4, 0.5) is 0 Å². The highest BCUT2D eigenvalue weighted by Crippen LogP contribution is 2.29. The van der Waals surface area contributed by atoms with Gasteiger partial charge in [0.15, 0.2) is 6.29 Å². The lowest BCUT2D eigenvalue weighted by Crippen LogP contribution is -2.05. The molecule has 1 atom stereocenters. The van der Waals surface area contributed by atoms with Gasteiger partial charge in [0.25, 0.3) is 0 Å². The van der Waals surface area contributed by atoms with Gasteiger partial charge in [0.05, 0.1) is 5.52 Å². The van der Waals surface area contributed by atoms with E-state index in [0.717, 1.165) is 42.2 Å². The Balaban J connectivity index is 2.20. The van der Waals surface area contributed by atoms with Crippen LogP contribution in [-0.4, -0.2) is 17.5 Å². The second-order valence-electron chi connectivity index (χ2n) is 4.09. The number of carbonyl (C=O) groups excluding carboxylic acids is 1. The Morgan fingerprint density at radius 3 is 3.00 bits per heavy atom. The van der Waals surface area contributed by atoms with Crippen molar-refractivity contribution in [3.63, 3.8) is 0 Å². The molecule has 0 saturated carbocycles. The fourth-order valence-corrected chi connectivity index (χ4v) is 2.34. The topological polar surface area (TPSA) is 31.2 Å². The van der Waals surface area contributed by atoms with Gasteiger partial charge in [-0.05, 0) is 18.9 Å².